The standard InChI is InChI=1S/C32H37NS/c1-30(2,3)22-13-14-27(23(17-22)21-11-9-8-10-12-21)33-28-20-34-29-19-26-25(18-24(28)29)31(4,5)15-16-32(26,6)7/h8-14,17-20,33H,15-16H2,1-7H3. The molecule has 0 amide bonds. The highest BCUT2D eigenvalue weighted by Crippen LogP contribution is 2.49. The Bertz CT molecular complexity index is 1350. The maximum atomic E-state index is 3.84. The van der Waals surface area contributed by atoms with Crippen LogP contribution in [0.4, 0.5) is 11.4 Å². The third-order valence-corrected chi connectivity index (χ3v) is 8.73. The molecule has 0 saturated carbocycles. The van der Waals surface area contributed by atoms with Crippen LogP contribution >= 0.6 is 11.3 Å². The summed E-state index contributed by atoms with van der Waals surface area (Å²) in [6, 6.07) is 22.6. The average molecular weight is 468 g/mol. The fourth-order valence-corrected chi connectivity index (χ4v) is 6.22. The van der Waals surface area contributed by atoms with Crippen LogP contribution in [0.25, 0.3) is 21.2 Å². The van der Waals surface area contributed by atoms with E-state index in [1.54, 1.807) is 0 Å². The number of hydrogen-bond acceptors (Lipinski definition) is 2. The second kappa shape index (κ2) is 7.99. The Labute approximate surface area is 209 Å². The van der Waals surface area contributed by atoms with Gasteiger partial charge in [-0.15, -0.1) is 11.3 Å². The largest absolute Gasteiger partial charge is 0.354 e. The first-order valence-electron chi connectivity index (χ1n) is 12.5. The molecule has 0 atom stereocenters. The number of thiophene rings is 1. The van der Waals surface area contributed by atoms with Crippen molar-refractivity contribution in [1.29, 1.82) is 0 Å². The van der Waals surface area contributed by atoms with Gasteiger partial charge in [0.15, 0.2) is 0 Å². The van der Waals surface area contributed by atoms with E-state index in [0.29, 0.717) is 0 Å². The maximum absolute atomic E-state index is 3.84. The topological polar surface area (TPSA) is 12.0 Å². The lowest BCUT2D eigenvalue weighted by Crippen LogP contribution is -2.33. The quantitative estimate of drug-likeness (QED) is 0.316. The molecule has 1 heterocycles. The van der Waals surface area contributed by atoms with E-state index < -0.39 is 0 Å². The van der Waals surface area contributed by atoms with Crippen LogP contribution in [0.1, 0.15) is 78.0 Å². The van der Waals surface area contributed by atoms with Gasteiger partial charge in [0.2, 0.25) is 0 Å². The van der Waals surface area contributed by atoms with Gasteiger partial charge < -0.3 is 5.32 Å². The van der Waals surface area contributed by atoms with Crippen molar-refractivity contribution in [2.75, 3.05) is 5.32 Å². The van der Waals surface area contributed by atoms with Crippen molar-refractivity contribution >= 4 is 32.8 Å². The first kappa shape index (κ1) is 23.2. The molecule has 5 rings (SSSR count). The van der Waals surface area contributed by atoms with E-state index in [-0.39, 0.29) is 16.2 Å². The molecule has 0 saturated heterocycles. The monoisotopic (exact) mass is 467 g/mol. The van der Waals surface area contributed by atoms with Crippen molar-refractivity contribution in [2.24, 2.45) is 0 Å². The molecule has 4 aromatic rings. The van der Waals surface area contributed by atoms with Crippen molar-refractivity contribution < 1.29 is 0 Å². The minimum atomic E-state index is 0.106. The number of benzene rings is 3. The van der Waals surface area contributed by atoms with Gasteiger partial charge in [-0.1, -0.05) is 84.9 Å². The van der Waals surface area contributed by atoms with Crippen LogP contribution in [-0.2, 0) is 16.2 Å². The zero-order valence-electron chi connectivity index (χ0n) is 21.7. The molecule has 0 bridgehead atoms. The van der Waals surface area contributed by atoms with Crippen LogP contribution in [0.3, 0.4) is 0 Å². The summed E-state index contributed by atoms with van der Waals surface area (Å²) < 4.78 is 1.37. The van der Waals surface area contributed by atoms with Crippen LogP contribution in [0.2, 0.25) is 0 Å². The molecular weight excluding hydrogens is 430 g/mol. The molecule has 3 aromatic carbocycles. The zero-order chi connectivity index (χ0) is 24.3. The molecule has 0 fully saturated rings. The lowest BCUT2D eigenvalue weighted by molar-refractivity contribution is 0.332. The second-order valence-electron chi connectivity index (χ2n) is 12.3. The van der Waals surface area contributed by atoms with Gasteiger partial charge in [-0.25, -0.2) is 0 Å². The molecule has 0 spiro atoms. The Morgan fingerprint density at radius 3 is 2.06 bits per heavy atom. The van der Waals surface area contributed by atoms with Crippen molar-refractivity contribution in [1.82, 2.24) is 0 Å². The predicted molar refractivity (Wildman–Crippen MR) is 151 cm³/mol. The molecule has 1 N–H and O–H groups in total. The van der Waals surface area contributed by atoms with E-state index in [9.17, 15) is 0 Å². The van der Waals surface area contributed by atoms with E-state index in [2.05, 4.69) is 120 Å². The Kier molecular flexibility index (Phi) is 5.44. The Morgan fingerprint density at radius 1 is 0.765 bits per heavy atom. The van der Waals surface area contributed by atoms with E-state index in [1.807, 2.05) is 11.3 Å². The highest BCUT2D eigenvalue weighted by Gasteiger charge is 2.37. The molecule has 1 aromatic heterocycles. The number of nitrogens with one attached hydrogen (secondary N) is 1. The van der Waals surface area contributed by atoms with E-state index in [4.69, 9.17) is 0 Å². The van der Waals surface area contributed by atoms with Gasteiger partial charge in [-0.3, -0.25) is 0 Å². The highest BCUT2D eigenvalue weighted by atomic mass is 32.1. The van der Waals surface area contributed by atoms with E-state index in [0.717, 1.165) is 5.69 Å². The van der Waals surface area contributed by atoms with Gasteiger partial charge in [0.25, 0.3) is 0 Å². The van der Waals surface area contributed by atoms with Crippen LogP contribution in [0.5, 0.6) is 0 Å². The van der Waals surface area contributed by atoms with E-state index >= 15 is 0 Å². The summed E-state index contributed by atoms with van der Waals surface area (Å²) in [6.45, 7) is 16.5. The summed E-state index contributed by atoms with van der Waals surface area (Å²) >= 11 is 1.85. The van der Waals surface area contributed by atoms with Gasteiger partial charge in [0.1, 0.15) is 0 Å². The molecule has 34 heavy (non-hydrogen) atoms. The molecule has 2 heteroatoms. The minimum absolute atomic E-state index is 0.106. The normalized spacial score (nSPS) is 16.9. The lowest BCUT2D eigenvalue weighted by Gasteiger charge is -2.41. The summed E-state index contributed by atoms with van der Waals surface area (Å²) in [6.07, 6.45) is 2.48. The van der Waals surface area contributed by atoms with Crippen LogP contribution in [-0.4, -0.2) is 0 Å². The summed E-state index contributed by atoms with van der Waals surface area (Å²) in [4.78, 5) is 0. The third kappa shape index (κ3) is 4.07. The molecule has 1 aliphatic carbocycles. The molecule has 0 unspecified atom stereocenters. The van der Waals surface area contributed by atoms with Crippen molar-refractivity contribution in [3.05, 3.63) is 82.7 Å². The van der Waals surface area contributed by atoms with Gasteiger partial charge in [-0.2, -0.15) is 0 Å². The molecule has 1 aliphatic rings. The molecule has 1 nitrogen and oxygen atoms in total. The summed E-state index contributed by atoms with van der Waals surface area (Å²) in [7, 11) is 0. The summed E-state index contributed by atoms with van der Waals surface area (Å²) in [5.74, 6) is 0. The third-order valence-electron chi connectivity index (χ3n) is 7.79. The number of anilines is 2. The predicted octanol–water partition coefficient (Wildman–Crippen LogP) is 9.96. The van der Waals surface area contributed by atoms with Crippen molar-refractivity contribution in [3.63, 3.8) is 0 Å². The van der Waals surface area contributed by atoms with Gasteiger partial charge in [0.05, 0.1) is 5.69 Å². The fourth-order valence-electron chi connectivity index (χ4n) is 5.31. The fraction of sp³-hybridized carbons (Fsp3) is 0.375. The van der Waals surface area contributed by atoms with Crippen LogP contribution < -0.4 is 5.32 Å². The van der Waals surface area contributed by atoms with Crippen molar-refractivity contribution in [2.45, 2.75) is 77.6 Å². The molecule has 0 radical (unpaired) electrons. The lowest BCUT2D eigenvalue weighted by atomic mass is 9.63. The van der Waals surface area contributed by atoms with Crippen LogP contribution in [0.15, 0.2) is 66.0 Å². The maximum Gasteiger partial charge on any atom is 0.0573 e. The van der Waals surface area contributed by atoms with Gasteiger partial charge in [0, 0.05) is 26.7 Å². The van der Waals surface area contributed by atoms with Gasteiger partial charge in [-0.05, 0) is 75.6 Å². The Morgan fingerprint density at radius 2 is 1.41 bits per heavy atom. The molecular formula is C32H37NS. The zero-order valence-corrected chi connectivity index (χ0v) is 22.5. The minimum Gasteiger partial charge on any atom is -0.354 e. The van der Waals surface area contributed by atoms with E-state index in [1.165, 1.54) is 56.4 Å². The molecule has 176 valence electrons. The summed E-state index contributed by atoms with van der Waals surface area (Å²) in [5, 5.41) is 7.47. The molecule has 0 aliphatic heterocycles. The first-order chi connectivity index (χ1) is 16.0. The smallest absolute Gasteiger partial charge is 0.0573 e. The first-order valence-corrected chi connectivity index (χ1v) is 13.4. The Hall–Kier alpha value is -2.58. The average Bonchev–Trinajstić information content (AvgIpc) is 3.18. The number of hydrogen-bond donors (Lipinski definition) is 1. The SMILES string of the molecule is CC(C)(C)c1ccc(Nc2csc3cc4c(cc23)C(C)(C)CCC4(C)C)c(-c2ccccc2)c1. The van der Waals surface area contributed by atoms with Gasteiger partial charge >= 0.3 is 0 Å². The summed E-state index contributed by atoms with van der Waals surface area (Å²) in [5.41, 5.74) is 9.83. The number of fused-ring (bicyclic) bond motifs is 2. The highest BCUT2D eigenvalue weighted by molar-refractivity contribution is 7.17. The second-order valence-corrected chi connectivity index (χ2v) is 13.2. The van der Waals surface area contributed by atoms with Crippen LogP contribution in [0, 0.1) is 0 Å². The van der Waals surface area contributed by atoms with Crippen molar-refractivity contribution in [3.8, 4) is 11.1 Å². The number of rotatable bonds is 3. The Balaban J connectivity index is 1.63.